The molecule has 0 aliphatic heterocycles. The fourth-order valence-corrected chi connectivity index (χ4v) is 0.967. The number of aromatic nitrogens is 1. The Balaban J connectivity index is 3.24. The van der Waals surface area contributed by atoms with Gasteiger partial charge in [-0.3, -0.25) is 4.79 Å². The Morgan fingerprint density at radius 3 is 2.38 bits per heavy atom. The zero-order valence-electron chi connectivity index (χ0n) is 7.44. The van der Waals surface area contributed by atoms with Crippen LogP contribution in [0.5, 0.6) is 5.75 Å². The molecule has 0 atom stereocenters. The van der Waals surface area contributed by atoms with Gasteiger partial charge in [0.05, 0.1) is 5.69 Å². The SMILES string of the molecule is Nc1c(OC(F)(F)F)c[nH]c(=O)c1C(F)F. The number of rotatable bonds is 2. The van der Waals surface area contributed by atoms with Gasteiger partial charge < -0.3 is 15.5 Å². The second kappa shape index (κ2) is 3.99. The van der Waals surface area contributed by atoms with Crippen LogP contribution < -0.4 is 16.0 Å². The zero-order chi connectivity index (χ0) is 12.5. The van der Waals surface area contributed by atoms with Gasteiger partial charge >= 0.3 is 6.36 Å². The molecule has 0 saturated carbocycles. The molecule has 0 spiro atoms. The minimum absolute atomic E-state index is 0.469. The average molecular weight is 244 g/mol. The zero-order valence-corrected chi connectivity index (χ0v) is 7.44. The van der Waals surface area contributed by atoms with E-state index >= 15 is 0 Å². The molecule has 9 heteroatoms. The molecule has 0 radical (unpaired) electrons. The predicted octanol–water partition coefficient (Wildman–Crippen LogP) is 1.79. The van der Waals surface area contributed by atoms with Crippen molar-refractivity contribution >= 4 is 5.69 Å². The molecule has 1 heterocycles. The highest BCUT2D eigenvalue weighted by molar-refractivity contribution is 5.57. The molecule has 1 rings (SSSR count). The van der Waals surface area contributed by atoms with Crippen molar-refractivity contribution in [2.75, 3.05) is 5.73 Å². The van der Waals surface area contributed by atoms with Crippen molar-refractivity contribution in [3.8, 4) is 5.75 Å². The van der Waals surface area contributed by atoms with E-state index < -0.39 is 35.3 Å². The van der Waals surface area contributed by atoms with Gasteiger partial charge in [-0.1, -0.05) is 0 Å². The van der Waals surface area contributed by atoms with Gasteiger partial charge in [0.1, 0.15) is 5.56 Å². The molecule has 0 aliphatic carbocycles. The van der Waals surface area contributed by atoms with Crippen LogP contribution in [0.1, 0.15) is 12.0 Å². The Hall–Kier alpha value is -1.80. The summed E-state index contributed by atoms with van der Waals surface area (Å²) in [7, 11) is 0. The Labute approximate surface area is 84.8 Å². The van der Waals surface area contributed by atoms with E-state index in [9.17, 15) is 26.7 Å². The van der Waals surface area contributed by atoms with Crippen molar-refractivity contribution in [2.24, 2.45) is 0 Å². The summed E-state index contributed by atoms with van der Waals surface area (Å²) in [5.41, 5.74) is 1.43. The number of ether oxygens (including phenoxy) is 1. The number of nitrogen functional groups attached to an aromatic ring is 1. The van der Waals surface area contributed by atoms with Crippen molar-refractivity contribution in [3.63, 3.8) is 0 Å². The van der Waals surface area contributed by atoms with Crippen molar-refractivity contribution < 1.29 is 26.7 Å². The summed E-state index contributed by atoms with van der Waals surface area (Å²) in [5.74, 6) is -1.07. The van der Waals surface area contributed by atoms with Crippen LogP contribution in [0.2, 0.25) is 0 Å². The maximum Gasteiger partial charge on any atom is 0.573 e. The molecular formula is C7H5F5N2O2. The van der Waals surface area contributed by atoms with E-state index in [1.165, 1.54) is 0 Å². The molecule has 0 unspecified atom stereocenters. The molecule has 0 saturated heterocycles. The molecule has 3 N–H and O–H groups in total. The number of anilines is 1. The van der Waals surface area contributed by atoms with Crippen LogP contribution in [0.15, 0.2) is 11.0 Å². The van der Waals surface area contributed by atoms with Gasteiger partial charge in [0.2, 0.25) is 0 Å². The molecule has 0 aliphatic rings. The van der Waals surface area contributed by atoms with Gasteiger partial charge in [-0.25, -0.2) is 8.78 Å². The number of hydrogen-bond acceptors (Lipinski definition) is 3. The lowest BCUT2D eigenvalue weighted by Gasteiger charge is -2.12. The van der Waals surface area contributed by atoms with Crippen LogP contribution in [0.25, 0.3) is 0 Å². The smallest absolute Gasteiger partial charge is 0.402 e. The van der Waals surface area contributed by atoms with Gasteiger partial charge in [-0.05, 0) is 0 Å². The molecule has 1 aromatic rings. The van der Waals surface area contributed by atoms with Gasteiger partial charge in [0, 0.05) is 6.20 Å². The van der Waals surface area contributed by atoms with Crippen LogP contribution in [0.3, 0.4) is 0 Å². The summed E-state index contributed by atoms with van der Waals surface area (Å²) in [6.45, 7) is 0. The number of nitrogens with one attached hydrogen (secondary N) is 1. The number of pyridine rings is 1. The number of nitrogens with two attached hydrogens (primary N) is 1. The molecule has 16 heavy (non-hydrogen) atoms. The predicted molar refractivity (Wildman–Crippen MR) is 43.1 cm³/mol. The fraction of sp³-hybridized carbons (Fsp3) is 0.286. The van der Waals surface area contributed by atoms with Gasteiger partial charge in [-0.15, -0.1) is 13.2 Å². The maximum atomic E-state index is 12.3. The third kappa shape index (κ3) is 2.61. The van der Waals surface area contributed by atoms with Crippen LogP contribution in [-0.2, 0) is 0 Å². The first-order valence-electron chi connectivity index (χ1n) is 3.77. The summed E-state index contributed by atoms with van der Waals surface area (Å²) in [6, 6.07) is 0. The number of aromatic amines is 1. The van der Waals surface area contributed by atoms with E-state index in [4.69, 9.17) is 5.73 Å². The summed E-state index contributed by atoms with van der Waals surface area (Å²) < 4.78 is 63.3. The largest absolute Gasteiger partial charge is 0.573 e. The summed E-state index contributed by atoms with van der Waals surface area (Å²) in [5, 5.41) is 0. The van der Waals surface area contributed by atoms with E-state index in [0.29, 0.717) is 6.20 Å². The lowest BCUT2D eigenvalue weighted by atomic mass is 10.2. The number of H-pyrrole nitrogens is 1. The minimum Gasteiger partial charge on any atom is -0.402 e. The van der Waals surface area contributed by atoms with Crippen molar-refractivity contribution in [2.45, 2.75) is 12.8 Å². The van der Waals surface area contributed by atoms with Crippen molar-refractivity contribution in [1.29, 1.82) is 0 Å². The molecule has 90 valence electrons. The van der Waals surface area contributed by atoms with Crippen LogP contribution in [-0.4, -0.2) is 11.3 Å². The van der Waals surface area contributed by atoms with Gasteiger partial charge in [-0.2, -0.15) is 0 Å². The average Bonchev–Trinajstić information content (AvgIpc) is 2.07. The summed E-state index contributed by atoms with van der Waals surface area (Å²) in [4.78, 5) is 12.5. The van der Waals surface area contributed by atoms with E-state index in [1.807, 2.05) is 0 Å². The lowest BCUT2D eigenvalue weighted by Crippen LogP contribution is -2.22. The molecule has 1 aromatic heterocycles. The summed E-state index contributed by atoms with van der Waals surface area (Å²) >= 11 is 0. The fourth-order valence-electron chi connectivity index (χ4n) is 0.967. The third-order valence-corrected chi connectivity index (χ3v) is 1.58. The van der Waals surface area contributed by atoms with E-state index in [2.05, 4.69) is 4.74 Å². The van der Waals surface area contributed by atoms with Crippen molar-refractivity contribution in [3.05, 3.63) is 22.1 Å². The van der Waals surface area contributed by atoms with E-state index in [0.717, 1.165) is 0 Å². The molecule has 0 bridgehead atoms. The van der Waals surface area contributed by atoms with E-state index in [-0.39, 0.29) is 0 Å². The highest BCUT2D eigenvalue weighted by Crippen LogP contribution is 2.32. The second-order valence-electron chi connectivity index (χ2n) is 2.66. The Bertz CT molecular complexity index is 439. The Morgan fingerprint density at radius 2 is 1.94 bits per heavy atom. The summed E-state index contributed by atoms with van der Waals surface area (Å²) in [6.07, 6.45) is -7.90. The molecule has 0 amide bonds. The first-order valence-corrected chi connectivity index (χ1v) is 3.77. The van der Waals surface area contributed by atoms with Crippen LogP contribution in [0.4, 0.5) is 27.6 Å². The molecular weight excluding hydrogens is 239 g/mol. The number of halogens is 5. The quantitative estimate of drug-likeness (QED) is 0.779. The third-order valence-electron chi connectivity index (χ3n) is 1.58. The molecule has 0 fully saturated rings. The molecule has 0 aromatic carbocycles. The Morgan fingerprint density at radius 1 is 1.38 bits per heavy atom. The number of alkyl halides is 5. The molecule has 4 nitrogen and oxygen atoms in total. The van der Waals surface area contributed by atoms with Gasteiger partial charge in [0.15, 0.2) is 5.75 Å². The highest BCUT2D eigenvalue weighted by atomic mass is 19.4. The first kappa shape index (κ1) is 12.3. The monoisotopic (exact) mass is 244 g/mol. The minimum atomic E-state index is -5.08. The second-order valence-corrected chi connectivity index (χ2v) is 2.66. The highest BCUT2D eigenvalue weighted by Gasteiger charge is 2.33. The topological polar surface area (TPSA) is 68.1 Å². The van der Waals surface area contributed by atoms with Gasteiger partial charge in [0.25, 0.3) is 12.0 Å². The first-order chi connectivity index (χ1) is 7.22. The standard InChI is InChI=1S/C7H5F5N2O2/c8-5(9)3-4(13)2(1-14-6(3)15)16-7(10,11)12/h1,5H,(H3,13,14,15). The lowest BCUT2D eigenvalue weighted by molar-refractivity contribution is -0.274. The van der Waals surface area contributed by atoms with E-state index in [1.54, 1.807) is 4.98 Å². The van der Waals surface area contributed by atoms with Crippen LogP contribution >= 0.6 is 0 Å². The van der Waals surface area contributed by atoms with Crippen molar-refractivity contribution in [1.82, 2.24) is 4.98 Å². The normalized spacial score (nSPS) is 11.9. The van der Waals surface area contributed by atoms with Crippen LogP contribution in [0, 0.1) is 0 Å². The Kier molecular flexibility index (Phi) is 3.06. The number of hydrogen-bond donors (Lipinski definition) is 2. The maximum absolute atomic E-state index is 12.3.